The number of hydrogen-bond acceptors (Lipinski definition) is 1. The Morgan fingerprint density at radius 3 is 2.73 bits per heavy atom. The Balaban J connectivity index is 2.43. The fourth-order valence-corrected chi connectivity index (χ4v) is 1.83. The van der Waals surface area contributed by atoms with Crippen molar-refractivity contribution in [2.24, 2.45) is 5.92 Å². The molecule has 3 heteroatoms. The van der Waals surface area contributed by atoms with Gasteiger partial charge in [0.05, 0.1) is 0 Å². The van der Waals surface area contributed by atoms with Gasteiger partial charge in [-0.3, -0.25) is 0 Å². The van der Waals surface area contributed by atoms with Gasteiger partial charge >= 0.3 is 0 Å². The first kappa shape index (κ1) is 12.7. The third kappa shape index (κ3) is 4.76. The zero-order valence-corrected chi connectivity index (χ0v) is 10.8. The van der Waals surface area contributed by atoms with Crippen molar-refractivity contribution in [3.8, 4) is 0 Å². The number of hydrogen-bond donors (Lipinski definition) is 1. The quantitative estimate of drug-likeness (QED) is 0.862. The summed E-state index contributed by atoms with van der Waals surface area (Å²) in [6.45, 7) is 6.07. The van der Waals surface area contributed by atoms with Gasteiger partial charge in [0, 0.05) is 11.0 Å². The minimum Gasteiger partial charge on any atom is -0.312 e. The van der Waals surface area contributed by atoms with Crippen LogP contribution in [0.1, 0.15) is 25.8 Å². The summed E-state index contributed by atoms with van der Waals surface area (Å²) in [6, 6.07) is 4.97. The van der Waals surface area contributed by atoms with Gasteiger partial charge in [-0.25, -0.2) is 4.39 Å². The highest BCUT2D eigenvalue weighted by Gasteiger charge is 2.00. The van der Waals surface area contributed by atoms with Crippen molar-refractivity contribution in [3.05, 3.63) is 34.1 Å². The molecule has 0 fully saturated rings. The zero-order chi connectivity index (χ0) is 11.3. The van der Waals surface area contributed by atoms with Gasteiger partial charge in [-0.2, -0.15) is 0 Å². The van der Waals surface area contributed by atoms with Gasteiger partial charge in [-0.15, -0.1) is 0 Å². The molecule has 0 spiro atoms. The van der Waals surface area contributed by atoms with Crippen LogP contribution in [0.5, 0.6) is 0 Å². The average molecular weight is 274 g/mol. The molecule has 0 heterocycles. The second kappa shape index (κ2) is 6.23. The molecule has 1 aromatic carbocycles. The molecule has 0 radical (unpaired) electrons. The molecule has 1 N–H and O–H groups in total. The lowest BCUT2D eigenvalue weighted by Crippen LogP contribution is -2.20. The Bertz CT molecular complexity index is 294. The summed E-state index contributed by atoms with van der Waals surface area (Å²) in [5, 5.41) is 3.32. The molecule has 0 saturated heterocycles. The molecular weight excluding hydrogens is 257 g/mol. The minimum atomic E-state index is -0.190. The van der Waals surface area contributed by atoms with E-state index in [0.717, 1.165) is 23.1 Å². The van der Waals surface area contributed by atoms with Crippen LogP contribution in [0, 0.1) is 11.7 Å². The molecule has 84 valence electrons. The molecule has 15 heavy (non-hydrogen) atoms. The Morgan fingerprint density at radius 1 is 1.40 bits per heavy atom. The lowest BCUT2D eigenvalue weighted by atomic mass is 10.1. The first-order valence-electron chi connectivity index (χ1n) is 5.27. The van der Waals surface area contributed by atoms with Gasteiger partial charge in [0.2, 0.25) is 0 Å². The van der Waals surface area contributed by atoms with Gasteiger partial charge < -0.3 is 5.32 Å². The van der Waals surface area contributed by atoms with E-state index in [1.165, 1.54) is 12.5 Å². The maximum atomic E-state index is 13.0. The molecule has 0 aromatic heterocycles. The average Bonchev–Trinajstić information content (AvgIpc) is 2.16. The van der Waals surface area contributed by atoms with Crippen molar-refractivity contribution in [2.45, 2.75) is 26.8 Å². The molecule has 0 aliphatic rings. The van der Waals surface area contributed by atoms with E-state index in [9.17, 15) is 4.39 Å². The molecule has 1 rings (SSSR count). The Morgan fingerprint density at radius 2 is 2.13 bits per heavy atom. The monoisotopic (exact) mass is 273 g/mol. The normalized spacial score (nSPS) is 12.8. The number of benzene rings is 1. The number of halogens is 2. The summed E-state index contributed by atoms with van der Waals surface area (Å²) >= 11 is 3.28. The fraction of sp³-hybridized carbons (Fsp3) is 0.500. The topological polar surface area (TPSA) is 12.0 Å². The zero-order valence-electron chi connectivity index (χ0n) is 9.19. The Labute approximate surface area is 99.2 Å². The van der Waals surface area contributed by atoms with Crippen LogP contribution in [0.4, 0.5) is 4.39 Å². The predicted octanol–water partition coefficient (Wildman–Crippen LogP) is 3.72. The van der Waals surface area contributed by atoms with Crippen molar-refractivity contribution in [1.29, 1.82) is 0 Å². The molecular formula is C12H17BrFN. The number of nitrogens with one attached hydrogen (secondary N) is 1. The second-order valence-corrected chi connectivity index (χ2v) is 4.84. The predicted molar refractivity (Wildman–Crippen MR) is 65.3 cm³/mol. The molecule has 0 bridgehead atoms. The SMILES string of the molecule is CCC(C)CNCc1cc(F)cc(Br)c1. The van der Waals surface area contributed by atoms with Crippen molar-refractivity contribution in [2.75, 3.05) is 6.54 Å². The van der Waals surface area contributed by atoms with Crippen LogP contribution in [-0.2, 0) is 6.54 Å². The van der Waals surface area contributed by atoms with Crippen LogP contribution in [0.15, 0.2) is 22.7 Å². The van der Waals surface area contributed by atoms with E-state index in [1.54, 1.807) is 6.07 Å². The summed E-state index contributed by atoms with van der Waals surface area (Å²) in [6.07, 6.45) is 1.17. The maximum absolute atomic E-state index is 13.0. The van der Waals surface area contributed by atoms with Crippen molar-refractivity contribution in [3.63, 3.8) is 0 Å². The molecule has 1 nitrogen and oxygen atoms in total. The van der Waals surface area contributed by atoms with Crippen LogP contribution in [0.3, 0.4) is 0 Å². The third-order valence-corrected chi connectivity index (χ3v) is 2.90. The van der Waals surface area contributed by atoms with Gasteiger partial charge in [0.15, 0.2) is 0 Å². The smallest absolute Gasteiger partial charge is 0.124 e. The first-order chi connectivity index (χ1) is 7.11. The summed E-state index contributed by atoms with van der Waals surface area (Å²) in [4.78, 5) is 0. The highest BCUT2D eigenvalue weighted by molar-refractivity contribution is 9.10. The van der Waals surface area contributed by atoms with Gasteiger partial charge in [-0.1, -0.05) is 36.2 Å². The lowest BCUT2D eigenvalue weighted by molar-refractivity contribution is 0.499. The second-order valence-electron chi connectivity index (χ2n) is 3.92. The highest BCUT2D eigenvalue weighted by atomic mass is 79.9. The summed E-state index contributed by atoms with van der Waals surface area (Å²) in [7, 11) is 0. The van der Waals surface area contributed by atoms with E-state index in [-0.39, 0.29) is 5.82 Å². The van der Waals surface area contributed by atoms with Crippen LogP contribution >= 0.6 is 15.9 Å². The van der Waals surface area contributed by atoms with E-state index in [2.05, 4.69) is 35.1 Å². The lowest BCUT2D eigenvalue weighted by Gasteiger charge is -2.10. The summed E-state index contributed by atoms with van der Waals surface area (Å²) < 4.78 is 13.8. The van der Waals surface area contributed by atoms with Crippen LogP contribution in [0.2, 0.25) is 0 Å². The van der Waals surface area contributed by atoms with Crippen molar-refractivity contribution < 1.29 is 4.39 Å². The molecule has 1 aromatic rings. The van der Waals surface area contributed by atoms with E-state index >= 15 is 0 Å². The largest absolute Gasteiger partial charge is 0.312 e. The van der Waals surface area contributed by atoms with Crippen LogP contribution in [0.25, 0.3) is 0 Å². The molecule has 0 amide bonds. The van der Waals surface area contributed by atoms with E-state index in [1.807, 2.05) is 6.07 Å². The van der Waals surface area contributed by atoms with E-state index in [0.29, 0.717) is 5.92 Å². The standard InChI is InChI=1S/C12H17BrFN/c1-3-9(2)7-15-8-10-4-11(13)6-12(14)5-10/h4-6,9,15H,3,7-8H2,1-2H3. The summed E-state index contributed by atoms with van der Waals surface area (Å²) in [5.41, 5.74) is 0.977. The first-order valence-corrected chi connectivity index (χ1v) is 6.06. The van der Waals surface area contributed by atoms with Crippen LogP contribution in [-0.4, -0.2) is 6.54 Å². The maximum Gasteiger partial charge on any atom is 0.124 e. The van der Waals surface area contributed by atoms with Gasteiger partial charge in [-0.05, 0) is 36.2 Å². The Kier molecular flexibility index (Phi) is 5.26. The van der Waals surface area contributed by atoms with Crippen LogP contribution < -0.4 is 5.32 Å². The minimum absolute atomic E-state index is 0.190. The van der Waals surface area contributed by atoms with Gasteiger partial charge in [0.1, 0.15) is 5.82 Å². The Hall–Kier alpha value is -0.410. The molecule has 1 atom stereocenters. The third-order valence-electron chi connectivity index (χ3n) is 2.44. The molecule has 1 unspecified atom stereocenters. The summed E-state index contributed by atoms with van der Waals surface area (Å²) in [5.74, 6) is 0.478. The number of rotatable bonds is 5. The fourth-order valence-electron chi connectivity index (χ4n) is 1.32. The molecule has 0 saturated carbocycles. The van der Waals surface area contributed by atoms with Gasteiger partial charge in [0.25, 0.3) is 0 Å². The highest BCUT2D eigenvalue weighted by Crippen LogP contribution is 2.14. The molecule has 0 aliphatic carbocycles. The van der Waals surface area contributed by atoms with Crippen molar-refractivity contribution in [1.82, 2.24) is 5.32 Å². The van der Waals surface area contributed by atoms with Crippen molar-refractivity contribution >= 4 is 15.9 Å². The van der Waals surface area contributed by atoms with E-state index in [4.69, 9.17) is 0 Å². The van der Waals surface area contributed by atoms with E-state index < -0.39 is 0 Å². The molecule has 0 aliphatic heterocycles.